The molecule has 4 heterocycles. The van der Waals surface area contributed by atoms with Crippen molar-refractivity contribution in [2.24, 2.45) is 10.3 Å². The van der Waals surface area contributed by atoms with Crippen LogP contribution in [0.5, 0.6) is 0 Å². The number of nitrogens with one attached hydrogen (secondary N) is 1. The van der Waals surface area contributed by atoms with Crippen LogP contribution >= 0.6 is 34.9 Å². The van der Waals surface area contributed by atoms with Crippen LogP contribution in [-0.4, -0.2) is 95.0 Å². The number of nitrogens with two attached hydrogens (primary N) is 1. The molecular weight excluding hydrogens is 581 g/mol. The summed E-state index contributed by atoms with van der Waals surface area (Å²) in [6, 6.07) is 8.43. The van der Waals surface area contributed by atoms with E-state index in [1.54, 1.807) is 6.21 Å². The van der Waals surface area contributed by atoms with Crippen LogP contribution in [0.4, 0.5) is 5.13 Å². The largest absolute Gasteiger partial charge is 0.477 e. The molecule has 206 valence electrons. The van der Waals surface area contributed by atoms with Gasteiger partial charge in [0.15, 0.2) is 10.8 Å². The van der Waals surface area contributed by atoms with Gasteiger partial charge in [-0.05, 0) is 21.6 Å². The number of tetrazole rings is 1. The van der Waals surface area contributed by atoms with Crippen LogP contribution in [0.15, 0.2) is 62.4 Å². The number of carboxylic acid groups (broad SMARTS) is 1. The molecule has 0 saturated carbocycles. The zero-order chi connectivity index (χ0) is 28.2. The minimum absolute atomic E-state index is 0.128. The number of thiazole rings is 1. The normalized spacial score (nSPS) is 19.0. The predicted octanol–water partition coefficient (Wildman–Crippen LogP) is 0.475. The van der Waals surface area contributed by atoms with Crippen molar-refractivity contribution in [3.8, 4) is 0 Å². The summed E-state index contributed by atoms with van der Waals surface area (Å²) in [4.78, 5) is 49.4. The summed E-state index contributed by atoms with van der Waals surface area (Å²) in [7, 11) is 1.27. The highest BCUT2D eigenvalue weighted by Gasteiger charge is 2.54. The summed E-state index contributed by atoms with van der Waals surface area (Å²) in [6.45, 7) is 0. The van der Waals surface area contributed by atoms with Crippen molar-refractivity contribution in [2.45, 2.75) is 16.6 Å². The van der Waals surface area contributed by atoms with Gasteiger partial charge in [-0.3, -0.25) is 14.5 Å². The summed E-state index contributed by atoms with van der Waals surface area (Å²) in [6.07, 6.45) is 1.60. The summed E-state index contributed by atoms with van der Waals surface area (Å²) in [5, 5.41) is 33.5. The van der Waals surface area contributed by atoms with Gasteiger partial charge in [0, 0.05) is 16.9 Å². The summed E-state index contributed by atoms with van der Waals surface area (Å²) in [5.74, 6) is -1.99. The Morgan fingerprint density at radius 3 is 2.85 bits per heavy atom. The molecule has 4 N–H and O–H groups in total. The smallest absolute Gasteiger partial charge is 0.352 e. The first-order valence-corrected chi connectivity index (χ1v) is 14.3. The average Bonchev–Trinajstić information content (AvgIpc) is 3.60. The van der Waals surface area contributed by atoms with E-state index in [-0.39, 0.29) is 28.0 Å². The first-order valence-electron chi connectivity index (χ1n) is 11.4. The van der Waals surface area contributed by atoms with Crippen LogP contribution in [0.25, 0.3) is 0 Å². The highest BCUT2D eigenvalue weighted by Crippen LogP contribution is 2.41. The number of nitrogen functional groups attached to an aromatic ring is 1. The van der Waals surface area contributed by atoms with Crippen molar-refractivity contribution in [3.05, 3.63) is 58.2 Å². The third-order valence-electron chi connectivity index (χ3n) is 5.62. The molecule has 0 aliphatic carbocycles. The Balaban J connectivity index is 1.28. The van der Waals surface area contributed by atoms with Crippen molar-refractivity contribution < 1.29 is 24.3 Å². The second-order valence-electron chi connectivity index (χ2n) is 8.11. The van der Waals surface area contributed by atoms with E-state index >= 15 is 0 Å². The number of hydrogen-bond donors (Lipinski definition) is 3. The van der Waals surface area contributed by atoms with Gasteiger partial charge in [0.2, 0.25) is 5.16 Å². The maximum atomic E-state index is 13.1. The predicted molar refractivity (Wildman–Crippen MR) is 148 cm³/mol. The molecule has 5 rings (SSSR count). The number of fused-ring (bicyclic) bond motifs is 1. The number of carbonyl (C=O) groups excluding carboxylic acids is 2. The first-order chi connectivity index (χ1) is 19.4. The molecule has 1 fully saturated rings. The number of rotatable bonds is 10. The quantitative estimate of drug-likeness (QED) is 0.126. The van der Waals surface area contributed by atoms with E-state index in [0.29, 0.717) is 16.5 Å². The molecule has 0 bridgehead atoms. The summed E-state index contributed by atoms with van der Waals surface area (Å²) >= 11 is 3.64. The molecule has 1 saturated heterocycles. The lowest BCUT2D eigenvalue weighted by molar-refractivity contribution is -0.150. The Morgan fingerprint density at radius 2 is 2.15 bits per heavy atom. The SMILES string of the molecule is CO/N=C(\C(=O)N[C@@H]1C(=O)N2C(C(=O)O)=C(CSc3nnnn3N=Cc3ccccc3)CS[C@H]12)c1csc(N)n1. The zero-order valence-electron chi connectivity index (χ0n) is 20.6. The van der Waals surface area contributed by atoms with Gasteiger partial charge in [-0.15, -0.1) is 27.9 Å². The standard InChI is InChI=1S/C22H20N10O5S3/c1-37-28-14(13-10-39-21(23)25-13)17(33)26-15-18(34)31-16(20(35)36)12(8-38-19(15)31)9-40-22-27-29-30-32(22)24-7-11-5-3-2-4-6-11/h2-7,10,15,19H,8-9H2,1H3,(H2,23,25)(H,26,33)(H,35,36)/b24-7?,28-14-/t15-,19-/m1/s1. The number of aromatic nitrogens is 5. The molecule has 2 atom stereocenters. The Hall–Kier alpha value is -4.29. The number of oxime groups is 1. The Bertz CT molecular complexity index is 1540. The van der Waals surface area contributed by atoms with Gasteiger partial charge >= 0.3 is 5.97 Å². The summed E-state index contributed by atoms with van der Waals surface area (Å²) in [5.41, 5.74) is 6.94. The average molecular weight is 601 g/mol. The van der Waals surface area contributed by atoms with Crippen LogP contribution in [0, 0.1) is 0 Å². The minimum atomic E-state index is -1.25. The second-order valence-corrected chi connectivity index (χ2v) is 11.0. The Kier molecular flexibility index (Phi) is 8.08. The van der Waals surface area contributed by atoms with Crippen LogP contribution in [0.2, 0.25) is 0 Å². The van der Waals surface area contributed by atoms with E-state index < -0.39 is 29.2 Å². The number of nitrogens with zero attached hydrogens (tertiary/aromatic N) is 8. The molecule has 0 radical (unpaired) electrons. The van der Waals surface area contributed by atoms with Crippen LogP contribution in [0.1, 0.15) is 11.3 Å². The van der Waals surface area contributed by atoms with Gasteiger partial charge < -0.3 is 21.0 Å². The van der Waals surface area contributed by atoms with E-state index in [1.807, 2.05) is 30.3 Å². The summed E-state index contributed by atoms with van der Waals surface area (Å²) < 4.78 is 0. The maximum absolute atomic E-state index is 13.1. The van der Waals surface area contributed by atoms with E-state index in [4.69, 9.17) is 10.6 Å². The van der Waals surface area contributed by atoms with Crippen molar-refractivity contribution >= 4 is 69.7 Å². The van der Waals surface area contributed by atoms with Crippen LogP contribution in [-0.2, 0) is 19.2 Å². The van der Waals surface area contributed by atoms with Crippen molar-refractivity contribution in [3.63, 3.8) is 0 Å². The second kappa shape index (κ2) is 11.8. The van der Waals surface area contributed by atoms with Crippen molar-refractivity contribution in [1.29, 1.82) is 0 Å². The fraction of sp³-hybridized carbons (Fsp3) is 0.227. The number of benzene rings is 1. The van der Waals surface area contributed by atoms with E-state index in [0.717, 1.165) is 16.9 Å². The van der Waals surface area contributed by atoms with Gasteiger partial charge in [-0.2, -0.15) is 5.10 Å². The van der Waals surface area contributed by atoms with Crippen molar-refractivity contribution in [1.82, 2.24) is 35.5 Å². The molecule has 40 heavy (non-hydrogen) atoms. The number of carbonyl (C=O) groups is 3. The molecule has 0 unspecified atom stereocenters. The minimum Gasteiger partial charge on any atom is -0.477 e. The highest BCUT2D eigenvalue weighted by atomic mass is 32.2. The third kappa shape index (κ3) is 5.54. The number of aliphatic carboxylic acids is 1. The van der Waals surface area contributed by atoms with E-state index in [1.165, 1.54) is 45.7 Å². The van der Waals surface area contributed by atoms with Crippen molar-refractivity contribution in [2.75, 3.05) is 24.3 Å². The van der Waals surface area contributed by atoms with Crippen LogP contribution < -0.4 is 11.1 Å². The molecule has 18 heteroatoms. The Morgan fingerprint density at radius 1 is 1.35 bits per heavy atom. The molecule has 1 aromatic carbocycles. The third-order valence-corrected chi connectivity index (χ3v) is 8.63. The number of hydrogen-bond acceptors (Lipinski definition) is 14. The van der Waals surface area contributed by atoms with Gasteiger partial charge in [0.25, 0.3) is 11.8 Å². The molecule has 3 aromatic rings. The number of anilines is 1. The first kappa shape index (κ1) is 27.3. The monoisotopic (exact) mass is 600 g/mol. The molecule has 2 aliphatic rings. The van der Waals surface area contributed by atoms with Crippen LogP contribution in [0.3, 0.4) is 0 Å². The fourth-order valence-corrected chi connectivity index (χ4v) is 6.70. The number of β-lactam (4-membered cyclic amide) rings is 1. The van der Waals surface area contributed by atoms with E-state index in [9.17, 15) is 19.5 Å². The number of amides is 2. The topological polar surface area (TPSA) is 203 Å². The fourth-order valence-electron chi connectivity index (χ4n) is 3.84. The molecule has 15 nitrogen and oxygen atoms in total. The van der Waals surface area contributed by atoms with E-state index in [2.05, 4.69) is 36.1 Å². The molecule has 2 amide bonds. The Labute approximate surface area is 238 Å². The number of carboxylic acids is 1. The van der Waals surface area contributed by atoms with Gasteiger partial charge in [0.1, 0.15) is 29.9 Å². The molecule has 2 aliphatic heterocycles. The maximum Gasteiger partial charge on any atom is 0.352 e. The lowest BCUT2D eigenvalue weighted by Gasteiger charge is -2.49. The lowest BCUT2D eigenvalue weighted by atomic mass is 10.0. The zero-order valence-corrected chi connectivity index (χ0v) is 23.0. The lowest BCUT2D eigenvalue weighted by Crippen LogP contribution is -2.71. The van der Waals surface area contributed by atoms with Gasteiger partial charge in [-0.1, -0.05) is 52.3 Å². The van der Waals surface area contributed by atoms with Gasteiger partial charge in [-0.25, -0.2) is 9.78 Å². The molecule has 2 aromatic heterocycles. The molecular formula is C22H20N10O5S3. The highest BCUT2D eigenvalue weighted by molar-refractivity contribution is 8.01. The number of thioether (sulfide) groups is 2. The molecule has 0 spiro atoms. The van der Waals surface area contributed by atoms with Gasteiger partial charge in [0.05, 0.1) is 6.21 Å².